The molecule has 1 aromatic carbocycles. The number of rotatable bonds is 4. The first-order chi connectivity index (χ1) is 9.06. The summed E-state index contributed by atoms with van der Waals surface area (Å²) in [6.07, 6.45) is 0.293. The number of para-hydroxylation sites is 1. The van der Waals surface area contributed by atoms with E-state index in [0.717, 1.165) is 12.1 Å². The van der Waals surface area contributed by atoms with Crippen LogP contribution in [0.3, 0.4) is 0 Å². The van der Waals surface area contributed by atoms with Gasteiger partial charge in [0.2, 0.25) is 11.8 Å². The van der Waals surface area contributed by atoms with E-state index in [9.17, 15) is 18.4 Å². The molecule has 19 heavy (non-hydrogen) atoms. The minimum absolute atomic E-state index is 0.0851. The number of carbonyl (C=O) groups is 2. The number of nitrogens with one attached hydrogen (secondary N) is 3. The Morgan fingerprint density at radius 3 is 2.63 bits per heavy atom. The third-order valence-corrected chi connectivity index (χ3v) is 2.76. The van der Waals surface area contributed by atoms with Gasteiger partial charge in [0.25, 0.3) is 0 Å². The monoisotopic (exact) mass is 269 g/mol. The zero-order valence-electron chi connectivity index (χ0n) is 10.0. The average molecular weight is 269 g/mol. The molecule has 1 aliphatic rings. The first-order valence-electron chi connectivity index (χ1n) is 5.80. The second-order valence-electron chi connectivity index (χ2n) is 4.23. The molecule has 1 atom stereocenters. The van der Waals surface area contributed by atoms with Crippen LogP contribution in [0.1, 0.15) is 6.42 Å². The molecule has 7 heteroatoms. The van der Waals surface area contributed by atoms with Gasteiger partial charge in [0.1, 0.15) is 17.3 Å². The van der Waals surface area contributed by atoms with Gasteiger partial charge >= 0.3 is 0 Å². The van der Waals surface area contributed by atoms with Crippen LogP contribution in [0.4, 0.5) is 14.5 Å². The van der Waals surface area contributed by atoms with Crippen molar-refractivity contribution in [2.24, 2.45) is 0 Å². The summed E-state index contributed by atoms with van der Waals surface area (Å²) in [6.45, 7) is 0.327. The van der Waals surface area contributed by atoms with E-state index in [4.69, 9.17) is 0 Å². The summed E-state index contributed by atoms with van der Waals surface area (Å²) in [4.78, 5) is 22.5. The topological polar surface area (TPSA) is 70.2 Å². The number of halogens is 2. The number of carbonyl (C=O) groups excluding carboxylic acids is 2. The standard InChI is InChI=1S/C12H13F2N3O2/c13-8-2-1-3-9(14)12(8)17-11(19)6-15-7-4-10(18)16-5-7/h1-3,7,15H,4-6H2,(H,16,18)(H,17,19). The van der Waals surface area contributed by atoms with Crippen molar-refractivity contribution in [2.45, 2.75) is 12.5 Å². The lowest BCUT2D eigenvalue weighted by Crippen LogP contribution is -2.37. The maximum atomic E-state index is 13.3. The first-order valence-corrected chi connectivity index (χ1v) is 5.80. The summed E-state index contributed by atoms with van der Waals surface area (Å²) in [5, 5.41) is 7.60. The molecule has 1 aliphatic heterocycles. The second-order valence-corrected chi connectivity index (χ2v) is 4.23. The molecule has 1 unspecified atom stereocenters. The van der Waals surface area contributed by atoms with Crippen molar-refractivity contribution < 1.29 is 18.4 Å². The Hall–Kier alpha value is -2.02. The molecular weight excluding hydrogens is 256 g/mol. The fourth-order valence-electron chi connectivity index (χ4n) is 1.79. The molecule has 2 amide bonds. The molecule has 2 rings (SSSR count). The summed E-state index contributed by atoms with van der Waals surface area (Å²) < 4.78 is 26.5. The highest BCUT2D eigenvalue weighted by molar-refractivity contribution is 5.92. The van der Waals surface area contributed by atoms with E-state index in [-0.39, 0.29) is 18.5 Å². The van der Waals surface area contributed by atoms with Crippen molar-refractivity contribution in [1.82, 2.24) is 10.6 Å². The van der Waals surface area contributed by atoms with E-state index in [2.05, 4.69) is 16.0 Å². The SMILES string of the molecule is O=C1CC(NCC(=O)Nc2c(F)cccc2F)CN1. The quantitative estimate of drug-likeness (QED) is 0.740. The van der Waals surface area contributed by atoms with E-state index in [1.807, 2.05) is 0 Å². The minimum atomic E-state index is -0.828. The lowest BCUT2D eigenvalue weighted by atomic mass is 10.2. The van der Waals surface area contributed by atoms with Gasteiger partial charge in [-0.05, 0) is 12.1 Å². The van der Waals surface area contributed by atoms with Gasteiger partial charge in [-0.2, -0.15) is 0 Å². The van der Waals surface area contributed by atoms with E-state index in [1.165, 1.54) is 6.07 Å². The molecule has 5 nitrogen and oxygen atoms in total. The molecule has 0 aromatic heterocycles. The minimum Gasteiger partial charge on any atom is -0.354 e. The van der Waals surface area contributed by atoms with Crippen molar-refractivity contribution in [3.8, 4) is 0 Å². The summed E-state index contributed by atoms with van der Waals surface area (Å²) in [7, 11) is 0. The molecule has 0 spiro atoms. The van der Waals surface area contributed by atoms with Crippen LogP contribution in [-0.4, -0.2) is 30.9 Å². The van der Waals surface area contributed by atoms with Gasteiger partial charge in [-0.25, -0.2) is 8.78 Å². The van der Waals surface area contributed by atoms with Crippen molar-refractivity contribution in [2.75, 3.05) is 18.4 Å². The molecule has 0 bridgehead atoms. The van der Waals surface area contributed by atoms with Crippen LogP contribution in [0.25, 0.3) is 0 Å². The zero-order valence-corrected chi connectivity index (χ0v) is 10.0. The Balaban J connectivity index is 1.86. The van der Waals surface area contributed by atoms with Crippen LogP contribution < -0.4 is 16.0 Å². The van der Waals surface area contributed by atoms with E-state index >= 15 is 0 Å². The molecule has 0 aliphatic carbocycles. The lowest BCUT2D eigenvalue weighted by Gasteiger charge is -2.11. The first kappa shape index (κ1) is 13.4. The van der Waals surface area contributed by atoms with Gasteiger partial charge in [-0.3, -0.25) is 9.59 Å². The van der Waals surface area contributed by atoms with Gasteiger partial charge in [0.15, 0.2) is 0 Å². The Morgan fingerprint density at radius 2 is 2.05 bits per heavy atom. The molecule has 3 N–H and O–H groups in total. The molecule has 0 radical (unpaired) electrons. The fraction of sp³-hybridized carbons (Fsp3) is 0.333. The predicted molar refractivity (Wildman–Crippen MR) is 64.4 cm³/mol. The number of benzene rings is 1. The molecule has 1 saturated heterocycles. The van der Waals surface area contributed by atoms with Crippen molar-refractivity contribution in [1.29, 1.82) is 0 Å². The average Bonchev–Trinajstić information content (AvgIpc) is 2.77. The van der Waals surface area contributed by atoms with Crippen LogP contribution in [0.15, 0.2) is 18.2 Å². The van der Waals surface area contributed by atoms with Gasteiger partial charge in [-0.1, -0.05) is 6.07 Å². The maximum Gasteiger partial charge on any atom is 0.238 e. The van der Waals surface area contributed by atoms with Crippen LogP contribution in [0.2, 0.25) is 0 Å². The third-order valence-electron chi connectivity index (χ3n) is 2.76. The second kappa shape index (κ2) is 5.75. The van der Waals surface area contributed by atoms with Gasteiger partial charge < -0.3 is 16.0 Å². The number of amides is 2. The normalized spacial score (nSPS) is 18.2. The number of hydrogen-bond donors (Lipinski definition) is 3. The molecule has 1 fully saturated rings. The van der Waals surface area contributed by atoms with Gasteiger partial charge in [-0.15, -0.1) is 0 Å². The smallest absolute Gasteiger partial charge is 0.238 e. The summed E-state index contributed by atoms with van der Waals surface area (Å²) in [5.41, 5.74) is -0.463. The Labute approximate surface area is 108 Å². The fourth-order valence-corrected chi connectivity index (χ4v) is 1.79. The summed E-state index contributed by atoms with van der Waals surface area (Å²) >= 11 is 0. The Morgan fingerprint density at radius 1 is 1.37 bits per heavy atom. The summed E-state index contributed by atoms with van der Waals surface area (Å²) in [5.74, 6) is -2.31. The van der Waals surface area contributed by atoms with Crippen molar-refractivity contribution in [3.05, 3.63) is 29.8 Å². The van der Waals surface area contributed by atoms with E-state index in [1.54, 1.807) is 0 Å². The predicted octanol–water partition coefficient (Wildman–Crippen LogP) is 0.381. The highest BCUT2D eigenvalue weighted by Crippen LogP contribution is 2.17. The summed E-state index contributed by atoms with van der Waals surface area (Å²) in [6, 6.07) is 3.20. The highest BCUT2D eigenvalue weighted by Gasteiger charge is 2.21. The molecule has 102 valence electrons. The highest BCUT2D eigenvalue weighted by atomic mass is 19.1. The van der Waals surface area contributed by atoms with E-state index in [0.29, 0.717) is 13.0 Å². The number of hydrogen-bond acceptors (Lipinski definition) is 3. The van der Waals surface area contributed by atoms with Crippen LogP contribution in [0.5, 0.6) is 0 Å². The van der Waals surface area contributed by atoms with Gasteiger partial charge in [0, 0.05) is 19.0 Å². The molecule has 0 saturated carbocycles. The van der Waals surface area contributed by atoms with Crippen LogP contribution in [-0.2, 0) is 9.59 Å². The Kier molecular flexibility index (Phi) is 4.06. The molecule has 1 heterocycles. The molecule has 1 aromatic rings. The maximum absolute atomic E-state index is 13.3. The third kappa shape index (κ3) is 3.47. The van der Waals surface area contributed by atoms with Crippen LogP contribution >= 0.6 is 0 Å². The van der Waals surface area contributed by atoms with Gasteiger partial charge in [0.05, 0.1) is 6.54 Å². The zero-order chi connectivity index (χ0) is 13.8. The largest absolute Gasteiger partial charge is 0.354 e. The number of anilines is 1. The van der Waals surface area contributed by atoms with E-state index < -0.39 is 23.2 Å². The van der Waals surface area contributed by atoms with Crippen molar-refractivity contribution >= 4 is 17.5 Å². The van der Waals surface area contributed by atoms with Crippen LogP contribution in [0, 0.1) is 11.6 Å². The van der Waals surface area contributed by atoms with Crippen molar-refractivity contribution in [3.63, 3.8) is 0 Å². The Bertz CT molecular complexity index is 487. The lowest BCUT2D eigenvalue weighted by molar-refractivity contribution is -0.119. The molecular formula is C12H13F2N3O2.